The molecule has 0 saturated heterocycles. The first kappa shape index (κ1) is 10.9. The minimum atomic E-state index is -0.864. The summed E-state index contributed by atoms with van der Waals surface area (Å²) in [5.74, 6) is -0.864. The summed E-state index contributed by atoms with van der Waals surface area (Å²) in [7, 11) is 3.09. The third kappa shape index (κ3) is 1.84. The van der Waals surface area contributed by atoms with Crippen molar-refractivity contribution < 1.29 is 14.3 Å². The second-order valence-electron chi connectivity index (χ2n) is 3.06. The summed E-state index contributed by atoms with van der Waals surface area (Å²) in [6.07, 6.45) is 0.797. The van der Waals surface area contributed by atoms with Gasteiger partial charge in [-0.25, -0.2) is 0 Å². The van der Waals surface area contributed by atoms with Crippen molar-refractivity contribution >= 4 is 6.29 Å². The van der Waals surface area contributed by atoms with E-state index in [1.54, 1.807) is 33.3 Å². The third-order valence-corrected chi connectivity index (χ3v) is 2.36. The Balaban J connectivity index is 3.22. The zero-order valence-corrected chi connectivity index (χ0v) is 8.61. The normalized spacial score (nSPS) is 11.4. The first-order valence-electron chi connectivity index (χ1n) is 4.33. The molecule has 0 amide bonds. The smallest absolute Gasteiger partial charge is 0.191 e. The average molecular weight is 194 g/mol. The van der Waals surface area contributed by atoms with Crippen molar-refractivity contribution in [2.75, 3.05) is 14.2 Å². The van der Waals surface area contributed by atoms with Crippen LogP contribution in [0.5, 0.6) is 0 Å². The molecule has 3 nitrogen and oxygen atoms in total. The molecule has 0 aliphatic carbocycles. The van der Waals surface area contributed by atoms with Crippen LogP contribution in [0.3, 0.4) is 0 Å². The Labute approximate surface area is 83.6 Å². The lowest BCUT2D eigenvalue weighted by Gasteiger charge is -2.27. The van der Waals surface area contributed by atoms with Crippen LogP contribution >= 0.6 is 0 Å². The Kier molecular flexibility index (Phi) is 3.38. The van der Waals surface area contributed by atoms with Gasteiger partial charge in [-0.3, -0.25) is 4.79 Å². The van der Waals surface area contributed by atoms with Crippen molar-refractivity contribution in [2.45, 2.75) is 12.7 Å². The largest absolute Gasteiger partial charge is 0.349 e. The van der Waals surface area contributed by atoms with Gasteiger partial charge in [0.05, 0.1) is 0 Å². The Morgan fingerprint density at radius 3 is 2.29 bits per heavy atom. The quantitative estimate of drug-likeness (QED) is 0.543. The van der Waals surface area contributed by atoms with Gasteiger partial charge in [0.15, 0.2) is 12.1 Å². The number of benzene rings is 1. The standard InChI is InChI=1S/C11H14O3/c1-11(13-2,14-3)10-7-5-4-6-9(10)8-12/h4-8H,1-3H3. The maximum atomic E-state index is 10.8. The number of ether oxygens (including phenoxy) is 2. The van der Waals surface area contributed by atoms with Gasteiger partial charge in [0.1, 0.15) is 0 Å². The highest BCUT2D eigenvalue weighted by molar-refractivity contribution is 5.77. The average Bonchev–Trinajstić information content (AvgIpc) is 2.28. The monoisotopic (exact) mass is 194 g/mol. The number of carbonyl (C=O) groups excluding carboxylic acids is 1. The Hall–Kier alpha value is -1.19. The van der Waals surface area contributed by atoms with Gasteiger partial charge >= 0.3 is 0 Å². The van der Waals surface area contributed by atoms with Crippen LogP contribution in [0.2, 0.25) is 0 Å². The molecule has 0 heterocycles. The van der Waals surface area contributed by atoms with E-state index in [0.717, 1.165) is 11.8 Å². The SMILES string of the molecule is COC(C)(OC)c1ccccc1C=O. The molecule has 0 unspecified atom stereocenters. The van der Waals surface area contributed by atoms with E-state index in [0.29, 0.717) is 5.56 Å². The molecular weight excluding hydrogens is 180 g/mol. The van der Waals surface area contributed by atoms with Crippen molar-refractivity contribution in [3.63, 3.8) is 0 Å². The van der Waals surface area contributed by atoms with Gasteiger partial charge in [-0.2, -0.15) is 0 Å². The number of hydrogen-bond acceptors (Lipinski definition) is 3. The van der Waals surface area contributed by atoms with Crippen LogP contribution in [0.4, 0.5) is 0 Å². The van der Waals surface area contributed by atoms with Crippen molar-refractivity contribution in [2.24, 2.45) is 0 Å². The van der Waals surface area contributed by atoms with Crippen LogP contribution in [-0.4, -0.2) is 20.5 Å². The zero-order valence-electron chi connectivity index (χ0n) is 8.61. The molecule has 1 aromatic rings. The first-order valence-corrected chi connectivity index (χ1v) is 4.33. The van der Waals surface area contributed by atoms with E-state index in [1.807, 2.05) is 12.1 Å². The summed E-state index contributed by atoms with van der Waals surface area (Å²) < 4.78 is 10.5. The number of hydrogen-bond donors (Lipinski definition) is 0. The lowest BCUT2D eigenvalue weighted by Crippen LogP contribution is -2.27. The van der Waals surface area contributed by atoms with Gasteiger partial charge in [0.25, 0.3) is 0 Å². The third-order valence-electron chi connectivity index (χ3n) is 2.36. The molecule has 0 spiro atoms. The van der Waals surface area contributed by atoms with Crippen molar-refractivity contribution in [3.8, 4) is 0 Å². The second-order valence-corrected chi connectivity index (χ2v) is 3.06. The van der Waals surface area contributed by atoms with Crippen molar-refractivity contribution in [1.29, 1.82) is 0 Å². The predicted molar refractivity (Wildman–Crippen MR) is 53.2 cm³/mol. The highest BCUT2D eigenvalue weighted by atomic mass is 16.7. The van der Waals surface area contributed by atoms with Gasteiger partial charge in [-0.15, -0.1) is 0 Å². The van der Waals surface area contributed by atoms with Gasteiger partial charge < -0.3 is 9.47 Å². The first-order chi connectivity index (χ1) is 6.68. The minimum absolute atomic E-state index is 0.582. The maximum Gasteiger partial charge on any atom is 0.191 e. The molecule has 76 valence electrons. The summed E-state index contributed by atoms with van der Waals surface area (Å²) in [5.41, 5.74) is 1.32. The molecular formula is C11H14O3. The van der Waals surface area contributed by atoms with Crippen molar-refractivity contribution in [1.82, 2.24) is 0 Å². The van der Waals surface area contributed by atoms with Gasteiger partial charge in [-0.05, 0) is 6.92 Å². The minimum Gasteiger partial charge on any atom is -0.349 e. The predicted octanol–water partition coefficient (Wildman–Crippen LogP) is 1.96. The van der Waals surface area contributed by atoms with E-state index in [1.165, 1.54) is 0 Å². The van der Waals surface area contributed by atoms with Crippen LogP contribution in [0.1, 0.15) is 22.8 Å². The highest BCUT2D eigenvalue weighted by Gasteiger charge is 2.27. The maximum absolute atomic E-state index is 10.8. The molecule has 0 aliphatic rings. The van der Waals surface area contributed by atoms with Crippen LogP contribution < -0.4 is 0 Å². The summed E-state index contributed by atoms with van der Waals surface area (Å²) in [5, 5.41) is 0. The Morgan fingerprint density at radius 2 is 1.79 bits per heavy atom. The number of carbonyl (C=O) groups is 1. The fraction of sp³-hybridized carbons (Fsp3) is 0.364. The van der Waals surface area contributed by atoms with E-state index in [-0.39, 0.29) is 0 Å². The second kappa shape index (κ2) is 4.35. The van der Waals surface area contributed by atoms with Gasteiger partial charge in [0.2, 0.25) is 0 Å². The molecule has 0 bridgehead atoms. The van der Waals surface area contributed by atoms with Gasteiger partial charge in [-0.1, -0.05) is 24.3 Å². The molecule has 0 fully saturated rings. The lowest BCUT2D eigenvalue weighted by atomic mass is 10.0. The van der Waals surface area contributed by atoms with Crippen LogP contribution in [0.25, 0.3) is 0 Å². The molecule has 1 aromatic carbocycles. The van der Waals surface area contributed by atoms with Crippen LogP contribution in [0, 0.1) is 0 Å². The summed E-state index contributed by atoms with van der Waals surface area (Å²) in [6.45, 7) is 1.77. The fourth-order valence-electron chi connectivity index (χ4n) is 1.32. The Morgan fingerprint density at radius 1 is 1.21 bits per heavy atom. The molecule has 0 aliphatic heterocycles. The molecule has 1 rings (SSSR count). The molecule has 14 heavy (non-hydrogen) atoms. The van der Waals surface area contributed by atoms with E-state index in [2.05, 4.69) is 0 Å². The van der Waals surface area contributed by atoms with E-state index >= 15 is 0 Å². The van der Waals surface area contributed by atoms with Crippen LogP contribution in [0.15, 0.2) is 24.3 Å². The molecule has 3 heteroatoms. The fourth-order valence-corrected chi connectivity index (χ4v) is 1.32. The molecule has 0 aromatic heterocycles. The molecule has 0 saturated carbocycles. The number of methoxy groups -OCH3 is 2. The molecule has 0 radical (unpaired) electrons. The summed E-state index contributed by atoms with van der Waals surface area (Å²) in [6, 6.07) is 7.20. The lowest BCUT2D eigenvalue weighted by molar-refractivity contribution is -0.202. The summed E-state index contributed by atoms with van der Waals surface area (Å²) in [4.78, 5) is 10.8. The Bertz CT molecular complexity index is 316. The van der Waals surface area contributed by atoms with E-state index < -0.39 is 5.79 Å². The summed E-state index contributed by atoms with van der Waals surface area (Å²) >= 11 is 0. The topological polar surface area (TPSA) is 35.5 Å². The number of rotatable bonds is 4. The van der Waals surface area contributed by atoms with E-state index in [9.17, 15) is 4.79 Å². The van der Waals surface area contributed by atoms with Crippen molar-refractivity contribution in [3.05, 3.63) is 35.4 Å². The molecule has 0 N–H and O–H groups in total. The molecule has 0 atom stereocenters. The highest BCUT2D eigenvalue weighted by Crippen LogP contribution is 2.27. The van der Waals surface area contributed by atoms with Gasteiger partial charge in [0, 0.05) is 25.3 Å². The zero-order chi connectivity index (χ0) is 10.6. The van der Waals surface area contributed by atoms with E-state index in [4.69, 9.17) is 9.47 Å². The number of aldehydes is 1. The van der Waals surface area contributed by atoms with Crippen LogP contribution in [-0.2, 0) is 15.3 Å².